The number of nitrogens with two attached hydrogens (primary N) is 1. The molecule has 1 aromatic heterocycles. The Hall–Kier alpha value is -1.55. The zero-order valence-corrected chi connectivity index (χ0v) is 10.2. The molecule has 0 atom stereocenters. The fraction of sp³-hybridized carbons (Fsp3) is 0.0833. The second-order valence-electron chi connectivity index (χ2n) is 3.46. The molecule has 0 radical (unpaired) electrons. The molecule has 3 nitrogen and oxygen atoms in total. The fourth-order valence-corrected chi connectivity index (χ4v) is 1.61. The highest BCUT2D eigenvalue weighted by Gasteiger charge is 1.95. The lowest BCUT2D eigenvalue weighted by molar-refractivity contribution is 1.11. The summed E-state index contributed by atoms with van der Waals surface area (Å²) < 4.78 is 0.974. The summed E-state index contributed by atoms with van der Waals surface area (Å²) in [4.78, 5) is 4.23. The molecule has 0 aliphatic carbocycles. The van der Waals surface area contributed by atoms with Crippen molar-refractivity contribution in [2.45, 2.75) is 6.54 Å². The predicted molar refractivity (Wildman–Crippen MR) is 70.1 cm³/mol. The van der Waals surface area contributed by atoms with Crippen LogP contribution in [0.5, 0.6) is 0 Å². The van der Waals surface area contributed by atoms with E-state index < -0.39 is 0 Å². The van der Waals surface area contributed by atoms with Gasteiger partial charge < -0.3 is 11.1 Å². The quantitative estimate of drug-likeness (QED) is 0.848. The van der Waals surface area contributed by atoms with Crippen LogP contribution in [0.1, 0.15) is 5.56 Å². The third-order valence-corrected chi connectivity index (χ3v) is 2.62. The van der Waals surface area contributed by atoms with Crippen LogP contribution in [0.3, 0.4) is 0 Å². The van der Waals surface area contributed by atoms with E-state index in [4.69, 9.17) is 5.73 Å². The van der Waals surface area contributed by atoms with Crippen molar-refractivity contribution in [3.63, 3.8) is 0 Å². The van der Waals surface area contributed by atoms with Crippen LogP contribution in [-0.2, 0) is 6.54 Å². The van der Waals surface area contributed by atoms with Gasteiger partial charge in [-0.2, -0.15) is 0 Å². The first-order chi connectivity index (χ1) is 7.74. The summed E-state index contributed by atoms with van der Waals surface area (Å²) >= 11 is 3.34. The molecule has 0 fully saturated rings. The van der Waals surface area contributed by atoms with Gasteiger partial charge in [-0.3, -0.25) is 0 Å². The molecule has 0 aliphatic heterocycles. The van der Waals surface area contributed by atoms with Crippen molar-refractivity contribution in [2.75, 3.05) is 11.1 Å². The molecular weight excluding hydrogens is 266 g/mol. The number of benzene rings is 1. The van der Waals surface area contributed by atoms with Crippen molar-refractivity contribution in [2.24, 2.45) is 0 Å². The van der Waals surface area contributed by atoms with Crippen LogP contribution in [0.15, 0.2) is 47.1 Å². The minimum absolute atomic E-state index is 0.722. The van der Waals surface area contributed by atoms with Crippen molar-refractivity contribution in [1.29, 1.82) is 0 Å². The molecule has 0 unspecified atom stereocenters. The number of nitrogen functional groups attached to an aromatic ring is 1. The molecule has 82 valence electrons. The van der Waals surface area contributed by atoms with Crippen molar-refractivity contribution in [3.8, 4) is 0 Å². The molecule has 1 heterocycles. The van der Waals surface area contributed by atoms with Crippen LogP contribution >= 0.6 is 15.9 Å². The number of nitrogens with one attached hydrogen (secondary N) is 1. The van der Waals surface area contributed by atoms with Gasteiger partial charge in [0.15, 0.2) is 0 Å². The van der Waals surface area contributed by atoms with E-state index in [1.54, 1.807) is 6.20 Å². The van der Waals surface area contributed by atoms with Crippen molar-refractivity contribution >= 4 is 27.4 Å². The minimum atomic E-state index is 0.722. The van der Waals surface area contributed by atoms with E-state index in [0.717, 1.165) is 28.1 Å². The summed E-state index contributed by atoms with van der Waals surface area (Å²) in [5.74, 6) is 0.852. The third-order valence-electron chi connectivity index (χ3n) is 2.15. The maximum absolute atomic E-state index is 5.70. The molecule has 0 saturated carbocycles. The molecule has 0 bridgehead atoms. The normalized spacial score (nSPS) is 10.1. The third kappa shape index (κ3) is 2.97. The number of rotatable bonds is 3. The topological polar surface area (TPSA) is 50.9 Å². The predicted octanol–water partition coefficient (Wildman–Crippen LogP) is 3.04. The summed E-state index contributed by atoms with van der Waals surface area (Å²) in [5, 5.41) is 3.23. The number of hydrogen-bond acceptors (Lipinski definition) is 3. The Kier molecular flexibility index (Phi) is 3.41. The van der Waals surface area contributed by atoms with Gasteiger partial charge in [-0.25, -0.2) is 4.98 Å². The number of nitrogens with zero attached hydrogens (tertiary/aromatic N) is 1. The molecule has 0 saturated heterocycles. The standard InChI is InChI=1S/C12H12BrN3/c13-10-4-5-12(16-8-10)15-7-9-2-1-3-11(14)6-9/h1-6,8H,7,14H2,(H,15,16). The van der Waals surface area contributed by atoms with Gasteiger partial charge in [0, 0.05) is 22.9 Å². The Morgan fingerprint density at radius 1 is 1.25 bits per heavy atom. The fourth-order valence-electron chi connectivity index (χ4n) is 1.38. The number of aromatic nitrogens is 1. The average Bonchev–Trinajstić information content (AvgIpc) is 2.28. The zero-order valence-electron chi connectivity index (χ0n) is 8.65. The number of anilines is 2. The van der Waals surface area contributed by atoms with E-state index in [9.17, 15) is 0 Å². The van der Waals surface area contributed by atoms with Gasteiger partial charge >= 0.3 is 0 Å². The van der Waals surface area contributed by atoms with E-state index in [1.165, 1.54) is 0 Å². The van der Waals surface area contributed by atoms with Gasteiger partial charge in [0.1, 0.15) is 5.82 Å². The molecular formula is C12H12BrN3. The Morgan fingerprint density at radius 3 is 2.81 bits per heavy atom. The second kappa shape index (κ2) is 4.99. The second-order valence-corrected chi connectivity index (χ2v) is 4.38. The molecule has 0 aliphatic rings. The van der Waals surface area contributed by atoms with Crippen molar-refractivity contribution in [1.82, 2.24) is 4.98 Å². The molecule has 0 spiro atoms. The van der Waals surface area contributed by atoms with Crippen LogP contribution in [0, 0.1) is 0 Å². The van der Waals surface area contributed by atoms with Crippen molar-refractivity contribution in [3.05, 3.63) is 52.6 Å². The number of pyridine rings is 1. The Balaban J connectivity index is 1.99. The van der Waals surface area contributed by atoms with Gasteiger partial charge in [0.25, 0.3) is 0 Å². The zero-order chi connectivity index (χ0) is 11.4. The van der Waals surface area contributed by atoms with Crippen LogP contribution in [0.25, 0.3) is 0 Å². The van der Waals surface area contributed by atoms with Crippen LogP contribution < -0.4 is 11.1 Å². The van der Waals surface area contributed by atoms with Crippen LogP contribution in [0.4, 0.5) is 11.5 Å². The summed E-state index contributed by atoms with van der Waals surface area (Å²) in [6.07, 6.45) is 1.77. The SMILES string of the molecule is Nc1cccc(CNc2ccc(Br)cn2)c1. The Labute approximate surface area is 103 Å². The van der Waals surface area contributed by atoms with Crippen LogP contribution in [0.2, 0.25) is 0 Å². The largest absolute Gasteiger partial charge is 0.399 e. The highest BCUT2D eigenvalue weighted by atomic mass is 79.9. The molecule has 16 heavy (non-hydrogen) atoms. The molecule has 1 aromatic carbocycles. The number of halogens is 1. The maximum atomic E-state index is 5.70. The summed E-state index contributed by atoms with van der Waals surface area (Å²) in [6.45, 7) is 0.722. The Morgan fingerprint density at radius 2 is 2.12 bits per heavy atom. The minimum Gasteiger partial charge on any atom is -0.399 e. The maximum Gasteiger partial charge on any atom is 0.126 e. The van der Waals surface area contributed by atoms with E-state index in [2.05, 4.69) is 26.2 Å². The summed E-state index contributed by atoms with van der Waals surface area (Å²) in [6, 6.07) is 11.7. The molecule has 0 amide bonds. The molecule has 2 rings (SSSR count). The smallest absolute Gasteiger partial charge is 0.126 e. The lowest BCUT2D eigenvalue weighted by Gasteiger charge is -2.06. The molecule has 3 N–H and O–H groups in total. The first-order valence-electron chi connectivity index (χ1n) is 4.94. The highest BCUT2D eigenvalue weighted by molar-refractivity contribution is 9.10. The van der Waals surface area contributed by atoms with Crippen molar-refractivity contribution < 1.29 is 0 Å². The van der Waals surface area contributed by atoms with E-state index >= 15 is 0 Å². The van der Waals surface area contributed by atoms with Gasteiger partial charge in [0.2, 0.25) is 0 Å². The lowest BCUT2D eigenvalue weighted by atomic mass is 10.2. The first-order valence-corrected chi connectivity index (χ1v) is 5.73. The average molecular weight is 278 g/mol. The summed E-state index contributed by atoms with van der Waals surface area (Å²) in [5.41, 5.74) is 7.62. The van der Waals surface area contributed by atoms with E-state index in [-0.39, 0.29) is 0 Å². The van der Waals surface area contributed by atoms with E-state index in [1.807, 2.05) is 36.4 Å². The van der Waals surface area contributed by atoms with Gasteiger partial charge in [0.05, 0.1) is 0 Å². The van der Waals surface area contributed by atoms with Crippen LogP contribution in [-0.4, -0.2) is 4.98 Å². The molecule has 2 aromatic rings. The highest BCUT2D eigenvalue weighted by Crippen LogP contribution is 2.12. The van der Waals surface area contributed by atoms with Gasteiger partial charge in [-0.15, -0.1) is 0 Å². The van der Waals surface area contributed by atoms with E-state index in [0.29, 0.717) is 0 Å². The van der Waals surface area contributed by atoms with Gasteiger partial charge in [-0.1, -0.05) is 12.1 Å². The monoisotopic (exact) mass is 277 g/mol. The first kappa shape index (κ1) is 11.0. The van der Waals surface area contributed by atoms with Gasteiger partial charge in [-0.05, 0) is 45.8 Å². The molecule has 4 heteroatoms. The Bertz CT molecular complexity index is 468. The number of hydrogen-bond donors (Lipinski definition) is 2. The lowest BCUT2D eigenvalue weighted by Crippen LogP contribution is -2.01. The summed E-state index contributed by atoms with van der Waals surface area (Å²) in [7, 11) is 0.